The molecule has 5 heterocycles. The molecule has 2 aliphatic rings. The summed E-state index contributed by atoms with van der Waals surface area (Å²) < 4.78 is 37.2. The van der Waals surface area contributed by atoms with Crippen LogP contribution in [0, 0.1) is 5.82 Å². The molecule has 2 fully saturated rings. The molecule has 41 heavy (non-hydrogen) atoms. The van der Waals surface area contributed by atoms with Gasteiger partial charge < -0.3 is 23.5 Å². The van der Waals surface area contributed by atoms with Crippen LogP contribution >= 0.6 is 0 Å². The molecule has 1 atom stereocenters. The molecule has 4 aromatic heterocycles. The van der Waals surface area contributed by atoms with Gasteiger partial charge in [0.1, 0.15) is 28.9 Å². The number of furan rings is 1. The van der Waals surface area contributed by atoms with E-state index in [-0.39, 0.29) is 11.7 Å². The summed E-state index contributed by atoms with van der Waals surface area (Å²) in [4.78, 5) is 25.3. The average molecular weight is 555 g/mol. The maximum atomic E-state index is 14.6. The van der Waals surface area contributed by atoms with E-state index in [0.29, 0.717) is 71.3 Å². The highest BCUT2D eigenvalue weighted by molar-refractivity contribution is 5.87. The van der Waals surface area contributed by atoms with Crippen LogP contribution in [0.2, 0.25) is 0 Å². The summed E-state index contributed by atoms with van der Waals surface area (Å²) in [5.74, 6) is 1.87. The van der Waals surface area contributed by atoms with E-state index in [2.05, 4.69) is 19.9 Å². The molecule has 208 valence electrons. The van der Waals surface area contributed by atoms with Crippen LogP contribution in [-0.4, -0.2) is 58.9 Å². The smallest absolute Gasteiger partial charge is 0.227 e. The predicted molar refractivity (Wildman–Crippen MR) is 148 cm³/mol. The first kappa shape index (κ1) is 25.3. The second-order valence-corrected chi connectivity index (χ2v) is 10.0. The summed E-state index contributed by atoms with van der Waals surface area (Å²) in [6.45, 7) is 1.56. The van der Waals surface area contributed by atoms with Crippen molar-refractivity contribution in [1.82, 2.24) is 24.9 Å². The third-order valence-electron chi connectivity index (χ3n) is 7.51. The van der Waals surface area contributed by atoms with Gasteiger partial charge in [-0.15, -0.1) is 0 Å². The van der Waals surface area contributed by atoms with Crippen LogP contribution < -0.4 is 14.4 Å². The van der Waals surface area contributed by atoms with Crippen molar-refractivity contribution < 1.29 is 23.0 Å². The number of hydrogen-bond acceptors (Lipinski definition) is 10. The highest BCUT2D eigenvalue weighted by Crippen LogP contribution is 2.46. The van der Waals surface area contributed by atoms with Gasteiger partial charge in [-0.05, 0) is 24.5 Å². The Labute approximate surface area is 235 Å². The van der Waals surface area contributed by atoms with E-state index >= 15 is 0 Å². The minimum Gasteiger partial charge on any atom is -0.481 e. The van der Waals surface area contributed by atoms with Crippen molar-refractivity contribution in [3.63, 3.8) is 0 Å². The van der Waals surface area contributed by atoms with Crippen LogP contribution in [-0.2, 0) is 4.74 Å². The number of fused-ring (bicyclic) bond motifs is 1. The molecule has 0 spiro atoms. The van der Waals surface area contributed by atoms with Gasteiger partial charge in [0.2, 0.25) is 11.8 Å². The van der Waals surface area contributed by atoms with Crippen molar-refractivity contribution in [2.45, 2.75) is 24.8 Å². The SMILES string of the molecule is COc1ccc(F)c(-c2ccc(C3COCCN3c3nc(-c4c(OC)ncnc4C4CC4)nc4ccoc34)cc2)n1. The van der Waals surface area contributed by atoms with Crippen molar-refractivity contribution in [1.29, 1.82) is 0 Å². The van der Waals surface area contributed by atoms with Crippen LogP contribution in [0.5, 0.6) is 11.8 Å². The Morgan fingerprint density at radius 2 is 1.80 bits per heavy atom. The molecule has 7 rings (SSSR count). The van der Waals surface area contributed by atoms with Crippen LogP contribution in [0.25, 0.3) is 33.7 Å². The molecule has 1 aromatic carbocycles. The Kier molecular flexibility index (Phi) is 6.43. The van der Waals surface area contributed by atoms with E-state index in [4.69, 9.17) is 28.6 Å². The molecule has 0 radical (unpaired) electrons. The number of pyridine rings is 1. The number of aromatic nitrogens is 5. The molecule has 1 unspecified atom stereocenters. The molecule has 1 saturated heterocycles. The van der Waals surface area contributed by atoms with Gasteiger partial charge in [0, 0.05) is 30.2 Å². The standard InChI is InChI=1S/C30H27FN6O4/c1-38-23-10-9-20(31)25(35-23)18-5-3-17(4-6-18)22-15-40-14-12-37(22)29-27-21(11-13-41-27)34-28(36-29)24-26(19-7-8-19)32-16-33-30(24)39-2/h3-6,9-11,13,16,19,22H,7-8,12,14-15H2,1-2H3. The Bertz CT molecular complexity index is 1720. The molecule has 11 heteroatoms. The van der Waals surface area contributed by atoms with Gasteiger partial charge in [0.15, 0.2) is 17.2 Å². The van der Waals surface area contributed by atoms with E-state index in [1.165, 1.54) is 25.6 Å². The zero-order valence-corrected chi connectivity index (χ0v) is 22.6. The van der Waals surface area contributed by atoms with Gasteiger partial charge in [-0.1, -0.05) is 24.3 Å². The monoisotopic (exact) mass is 554 g/mol. The number of anilines is 1. The number of nitrogens with zero attached hydrogens (tertiary/aromatic N) is 6. The summed E-state index contributed by atoms with van der Waals surface area (Å²) in [6.07, 6.45) is 5.27. The summed E-state index contributed by atoms with van der Waals surface area (Å²) >= 11 is 0. The molecule has 1 saturated carbocycles. The number of benzene rings is 1. The van der Waals surface area contributed by atoms with Crippen molar-refractivity contribution in [3.8, 4) is 34.4 Å². The van der Waals surface area contributed by atoms with Crippen molar-refractivity contribution in [2.75, 3.05) is 38.9 Å². The van der Waals surface area contributed by atoms with E-state index in [1.54, 1.807) is 13.4 Å². The third-order valence-corrected chi connectivity index (χ3v) is 7.51. The molecular weight excluding hydrogens is 527 g/mol. The molecular formula is C30H27FN6O4. The number of hydrogen-bond donors (Lipinski definition) is 0. The predicted octanol–water partition coefficient (Wildman–Crippen LogP) is 5.35. The Morgan fingerprint density at radius 3 is 2.59 bits per heavy atom. The molecule has 5 aromatic rings. The Balaban J connectivity index is 1.30. The quantitative estimate of drug-likeness (QED) is 0.261. The van der Waals surface area contributed by atoms with E-state index in [1.807, 2.05) is 30.3 Å². The van der Waals surface area contributed by atoms with Gasteiger partial charge in [0.05, 0.1) is 45.4 Å². The first-order valence-electron chi connectivity index (χ1n) is 13.4. The number of rotatable bonds is 7. The molecule has 0 N–H and O–H groups in total. The van der Waals surface area contributed by atoms with Crippen molar-refractivity contribution in [3.05, 3.63) is 72.1 Å². The fraction of sp³-hybridized carbons (Fsp3) is 0.300. The van der Waals surface area contributed by atoms with Gasteiger partial charge in [-0.2, -0.15) is 0 Å². The Hall–Kier alpha value is -4.64. The van der Waals surface area contributed by atoms with E-state index < -0.39 is 5.82 Å². The lowest BCUT2D eigenvalue weighted by Crippen LogP contribution is -2.40. The van der Waals surface area contributed by atoms with Gasteiger partial charge >= 0.3 is 0 Å². The third kappa shape index (κ3) is 4.61. The Morgan fingerprint density at radius 1 is 0.951 bits per heavy atom. The lowest BCUT2D eigenvalue weighted by Gasteiger charge is -2.36. The first-order valence-corrected chi connectivity index (χ1v) is 13.4. The lowest BCUT2D eigenvalue weighted by atomic mass is 10.0. The molecule has 1 aliphatic carbocycles. The highest BCUT2D eigenvalue weighted by atomic mass is 19.1. The van der Waals surface area contributed by atoms with Crippen molar-refractivity contribution in [2.24, 2.45) is 0 Å². The van der Waals surface area contributed by atoms with Gasteiger partial charge in [-0.3, -0.25) is 0 Å². The lowest BCUT2D eigenvalue weighted by molar-refractivity contribution is 0.0938. The molecule has 0 bridgehead atoms. The molecule has 10 nitrogen and oxygen atoms in total. The maximum Gasteiger partial charge on any atom is 0.227 e. The van der Waals surface area contributed by atoms with Crippen LogP contribution in [0.15, 0.2) is 59.5 Å². The van der Waals surface area contributed by atoms with E-state index in [0.717, 1.165) is 24.1 Å². The largest absolute Gasteiger partial charge is 0.481 e. The maximum absolute atomic E-state index is 14.6. The fourth-order valence-corrected chi connectivity index (χ4v) is 5.30. The average Bonchev–Trinajstić information content (AvgIpc) is 3.77. The van der Waals surface area contributed by atoms with Crippen LogP contribution in [0.4, 0.5) is 10.2 Å². The zero-order valence-electron chi connectivity index (χ0n) is 22.6. The molecule has 0 amide bonds. The summed E-state index contributed by atoms with van der Waals surface area (Å²) in [5, 5.41) is 0. The van der Waals surface area contributed by atoms with Crippen LogP contribution in [0.3, 0.4) is 0 Å². The second kappa shape index (κ2) is 10.4. The number of ether oxygens (including phenoxy) is 3. The topological polar surface area (TPSA) is 109 Å². The van der Waals surface area contributed by atoms with Gasteiger partial charge in [0.25, 0.3) is 0 Å². The highest BCUT2D eigenvalue weighted by Gasteiger charge is 2.34. The van der Waals surface area contributed by atoms with Crippen molar-refractivity contribution >= 4 is 16.9 Å². The number of methoxy groups -OCH3 is 2. The normalized spacial score (nSPS) is 17.1. The van der Waals surface area contributed by atoms with E-state index in [9.17, 15) is 4.39 Å². The number of halogens is 1. The minimum absolute atomic E-state index is 0.172. The summed E-state index contributed by atoms with van der Waals surface area (Å²) in [6, 6.07) is 12.1. The zero-order chi connectivity index (χ0) is 27.9. The van der Waals surface area contributed by atoms with Crippen LogP contribution in [0.1, 0.15) is 36.1 Å². The molecule has 1 aliphatic heterocycles. The minimum atomic E-state index is -0.416. The second-order valence-electron chi connectivity index (χ2n) is 10.0. The number of morpholine rings is 1. The first-order chi connectivity index (χ1) is 20.1. The summed E-state index contributed by atoms with van der Waals surface area (Å²) in [5.41, 5.74) is 4.74. The summed E-state index contributed by atoms with van der Waals surface area (Å²) in [7, 11) is 3.10. The fourth-order valence-electron chi connectivity index (χ4n) is 5.30. The van der Waals surface area contributed by atoms with Gasteiger partial charge in [-0.25, -0.2) is 29.3 Å².